The number of aromatic nitrogens is 3. The zero-order valence-electron chi connectivity index (χ0n) is 13.7. The minimum absolute atomic E-state index is 0.190. The highest BCUT2D eigenvalue weighted by Crippen LogP contribution is 2.21. The molecule has 0 saturated heterocycles. The number of nitriles is 1. The van der Waals surface area contributed by atoms with E-state index in [0.717, 1.165) is 23.9 Å². The standard InChI is InChI=1S/C18H19N5O2/c19-8-13-9-23(17-6-2-1-5-15(13)17)7-3-4-14(24)10-22-11-16(18(20)25)21-12-22/h1-2,5-6,9,11-12,14,24H,3-4,7,10H2,(H2,20,25). The van der Waals surface area contributed by atoms with Gasteiger partial charge in [0.2, 0.25) is 0 Å². The molecule has 3 N–H and O–H groups in total. The number of fused-ring (bicyclic) bond motifs is 1. The lowest BCUT2D eigenvalue weighted by Crippen LogP contribution is -2.16. The fourth-order valence-corrected chi connectivity index (χ4v) is 2.94. The van der Waals surface area contributed by atoms with Crippen LogP contribution < -0.4 is 5.73 Å². The van der Waals surface area contributed by atoms with Crippen molar-refractivity contribution in [2.24, 2.45) is 5.73 Å². The third-order valence-electron chi connectivity index (χ3n) is 4.15. The summed E-state index contributed by atoms with van der Waals surface area (Å²) in [7, 11) is 0. The van der Waals surface area contributed by atoms with E-state index in [2.05, 4.69) is 11.1 Å². The first kappa shape index (κ1) is 16.7. The first-order valence-electron chi connectivity index (χ1n) is 8.06. The quantitative estimate of drug-likeness (QED) is 0.683. The van der Waals surface area contributed by atoms with Gasteiger partial charge in [0.1, 0.15) is 11.8 Å². The van der Waals surface area contributed by atoms with Crippen molar-refractivity contribution >= 4 is 16.8 Å². The van der Waals surface area contributed by atoms with Gasteiger partial charge in [0.15, 0.2) is 0 Å². The van der Waals surface area contributed by atoms with Crippen LogP contribution in [0.3, 0.4) is 0 Å². The van der Waals surface area contributed by atoms with E-state index in [0.29, 0.717) is 18.5 Å². The Morgan fingerprint density at radius 1 is 1.36 bits per heavy atom. The number of aliphatic hydroxyl groups is 1. The van der Waals surface area contributed by atoms with Crippen molar-refractivity contribution in [3.8, 4) is 6.07 Å². The average Bonchev–Trinajstić information content (AvgIpc) is 3.20. The van der Waals surface area contributed by atoms with E-state index in [4.69, 9.17) is 5.73 Å². The molecule has 0 radical (unpaired) electrons. The van der Waals surface area contributed by atoms with Crippen molar-refractivity contribution in [1.82, 2.24) is 14.1 Å². The SMILES string of the molecule is N#Cc1cn(CCCC(O)Cn2cnc(C(N)=O)c2)c2ccccc12. The van der Waals surface area contributed by atoms with Crippen LogP contribution in [0.4, 0.5) is 0 Å². The molecule has 1 atom stereocenters. The minimum Gasteiger partial charge on any atom is -0.391 e. The first-order valence-corrected chi connectivity index (χ1v) is 8.06. The number of benzene rings is 1. The van der Waals surface area contributed by atoms with Crippen molar-refractivity contribution < 1.29 is 9.90 Å². The van der Waals surface area contributed by atoms with E-state index in [1.165, 1.54) is 12.5 Å². The molecule has 3 aromatic rings. The van der Waals surface area contributed by atoms with Gasteiger partial charge in [-0.15, -0.1) is 0 Å². The van der Waals surface area contributed by atoms with Crippen molar-refractivity contribution in [2.75, 3.05) is 0 Å². The molecule has 2 aromatic heterocycles. The van der Waals surface area contributed by atoms with Gasteiger partial charge >= 0.3 is 0 Å². The molecule has 3 rings (SSSR count). The van der Waals surface area contributed by atoms with Crippen LogP contribution in [0, 0.1) is 11.3 Å². The summed E-state index contributed by atoms with van der Waals surface area (Å²) < 4.78 is 3.70. The van der Waals surface area contributed by atoms with Crippen LogP contribution in [0.25, 0.3) is 10.9 Å². The summed E-state index contributed by atoms with van der Waals surface area (Å²) in [5.74, 6) is -0.582. The predicted octanol–water partition coefficient (Wildman–Crippen LogP) is 1.65. The molecule has 0 bridgehead atoms. The smallest absolute Gasteiger partial charge is 0.268 e. The average molecular weight is 337 g/mol. The van der Waals surface area contributed by atoms with E-state index in [1.807, 2.05) is 35.0 Å². The summed E-state index contributed by atoms with van der Waals surface area (Å²) in [5, 5.41) is 20.3. The second-order valence-electron chi connectivity index (χ2n) is 5.98. The number of amides is 1. The first-order chi connectivity index (χ1) is 12.1. The van der Waals surface area contributed by atoms with E-state index in [9.17, 15) is 15.2 Å². The fraction of sp³-hybridized carbons (Fsp3) is 0.278. The second kappa shape index (κ2) is 7.20. The third kappa shape index (κ3) is 3.70. The number of carbonyl (C=O) groups excluding carboxylic acids is 1. The van der Waals surface area contributed by atoms with Crippen LogP contribution in [0.15, 0.2) is 43.0 Å². The Hall–Kier alpha value is -3.11. The molecule has 1 unspecified atom stereocenters. The topological polar surface area (TPSA) is 110 Å². The number of para-hydroxylation sites is 1. The molecule has 0 aliphatic heterocycles. The molecular weight excluding hydrogens is 318 g/mol. The summed E-state index contributed by atoms with van der Waals surface area (Å²) in [6.45, 7) is 1.08. The van der Waals surface area contributed by atoms with Crippen molar-refractivity contribution in [1.29, 1.82) is 5.26 Å². The fourth-order valence-electron chi connectivity index (χ4n) is 2.94. The maximum atomic E-state index is 11.0. The molecule has 0 aliphatic rings. The zero-order valence-corrected chi connectivity index (χ0v) is 13.7. The summed E-state index contributed by atoms with van der Waals surface area (Å²) in [4.78, 5) is 14.9. The zero-order chi connectivity index (χ0) is 17.8. The summed E-state index contributed by atoms with van der Waals surface area (Å²) in [5.41, 5.74) is 7.03. The molecule has 0 fully saturated rings. The van der Waals surface area contributed by atoms with Gasteiger partial charge in [0.05, 0.1) is 18.0 Å². The highest BCUT2D eigenvalue weighted by atomic mass is 16.3. The Morgan fingerprint density at radius 2 is 2.16 bits per heavy atom. The molecular formula is C18H19N5O2. The lowest BCUT2D eigenvalue weighted by molar-refractivity contribution is 0.0995. The molecule has 0 aliphatic carbocycles. The van der Waals surface area contributed by atoms with Crippen LogP contribution in [0.2, 0.25) is 0 Å². The number of aliphatic hydroxyl groups excluding tert-OH is 1. The monoisotopic (exact) mass is 337 g/mol. The lowest BCUT2D eigenvalue weighted by Gasteiger charge is -2.12. The molecule has 25 heavy (non-hydrogen) atoms. The highest BCUT2D eigenvalue weighted by Gasteiger charge is 2.10. The van der Waals surface area contributed by atoms with Crippen LogP contribution in [-0.2, 0) is 13.1 Å². The van der Waals surface area contributed by atoms with Gasteiger partial charge in [-0.25, -0.2) is 4.98 Å². The molecule has 2 heterocycles. The Morgan fingerprint density at radius 3 is 2.88 bits per heavy atom. The Bertz CT molecular complexity index is 934. The maximum Gasteiger partial charge on any atom is 0.268 e. The van der Waals surface area contributed by atoms with E-state index < -0.39 is 12.0 Å². The van der Waals surface area contributed by atoms with Crippen LogP contribution >= 0.6 is 0 Å². The minimum atomic E-state index is -0.582. The Balaban J connectivity index is 1.57. The number of imidazole rings is 1. The molecule has 7 heteroatoms. The number of aryl methyl sites for hydroxylation is 1. The number of nitrogens with two attached hydrogens (primary N) is 1. The number of rotatable bonds is 7. The molecule has 0 saturated carbocycles. The van der Waals surface area contributed by atoms with Crippen LogP contribution in [0.5, 0.6) is 0 Å². The van der Waals surface area contributed by atoms with Gasteiger partial charge in [-0.05, 0) is 18.9 Å². The normalized spacial score (nSPS) is 12.2. The molecule has 1 aromatic carbocycles. The number of nitrogens with zero attached hydrogens (tertiary/aromatic N) is 4. The predicted molar refractivity (Wildman–Crippen MR) is 92.6 cm³/mol. The molecule has 0 spiro atoms. The van der Waals surface area contributed by atoms with Crippen molar-refractivity contribution in [3.05, 3.63) is 54.2 Å². The van der Waals surface area contributed by atoms with Gasteiger partial charge < -0.3 is 20.0 Å². The van der Waals surface area contributed by atoms with Gasteiger partial charge in [0.25, 0.3) is 5.91 Å². The lowest BCUT2D eigenvalue weighted by atomic mass is 10.2. The number of carbonyl (C=O) groups is 1. The molecule has 128 valence electrons. The summed E-state index contributed by atoms with van der Waals surface area (Å²) >= 11 is 0. The van der Waals surface area contributed by atoms with Gasteiger partial charge in [-0.1, -0.05) is 18.2 Å². The Kier molecular flexibility index (Phi) is 4.82. The van der Waals surface area contributed by atoms with E-state index in [-0.39, 0.29) is 5.69 Å². The molecule has 7 nitrogen and oxygen atoms in total. The van der Waals surface area contributed by atoms with E-state index >= 15 is 0 Å². The van der Waals surface area contributed by atoms with Crippen molar-refractivity contribution in [2.45, 2.75) is 32.0 Å². The summed E-state index contributed by atoms with van der Waals surface area (Å²) in [6.07, 6.45) is 5.69. The molecule has 1 amide bonds. The third-order valence-corrected chi connectivity index (χ3v) is 4.15. The number of hydrogen-bond donors (Lipinski definition) is 2. The highest BCUT2D eigenvalue weighted by molar-refractivity contribution is 5.90. The van der Waals surface area contributed by atoms with Crippen molar-refractivity contribution in [3.63, 3.8) is 0 Å². The van der Waals surface area contributed by atoms with Gasteiger partial charge in [-0.3, -0.25) is 4.79 Å². The second-order valence-corrected chi connectivity index (χ2v) is 5.98. The number of primary amides is 1. The van der Waals surface area contributed by atoms with E-state index in [1.54, 1.807) is 4.57 Å². The maximum absolute atomic E-state index is 11.0. The Labute approximate surface area is 144 Å². The number of hydrogen-bond acceptors (Lipinski definition) is 4. The largest absolute Gasteiger partial charge is 0.391 e. The summed E-state index contributed by atoms with van der Waals surface area (Å²) in [6, 6.07) is 10.0. The van der Waals surface area contributed by atoms with Gasteiger partial charge in [-0.2, -0.15) is 5.26 Å². The van der Waals surface area contributed by atoms with Gasteiger partial charge in [0, 0.05) is 36.4 Å². The van der Waals surface area contributed by atoms with Crippen LogP contribution in [0.1, 0.15) is 28.9 Å². The van der Waals surface area contributed by atoms with Crippen LogP contribution in [-0.4, -0.2) is 31.2 Å².